The minimum atomic E-state index is -4.65. The lowest BCUT2D eigenvalue weighted by molar-refractivity contribution is -0.159. The Hall–Kier alpha value is -2.38. The lowest BCUT2D eigenvalue weighted by atomic mass is 10.1. The minimum absolute atomic E-state index is 0.0249. The molecule has 0 bridgehead atoms. The third-order valence-electron chi connectivity index (χ3n) is 2.94. The van der Waals surface area contributed by atoms with Crippen LogP contribution in [0.1, 0.15) is 24.8 Å². The van der Waals surface area contributed by atoms with Crippen LogP contribution in [0.3, 0.4) is 0 Å². The molecule has 0 fully saturated rings. The minimum Gasteiger partial charge on any atom is -0.356 e. The third-order valence-corrected chi connectivity index (χ3v) is 2.94. The molecule has 8 heteroatoms. The fourth-order valence-corrected chi connectivity index (χ4v) is 1.75. The van der Waals surface area contributed by atoms with Gasteiger partial charge in [-0.15, -0.1) is 0 Å². The average Bonchev–Trinajstić information content (AvgIpc) is 2.97. The van der Waals surface area contributed by atoms with Gasteiger partial charge in [0.05, 0.1) is 0 Å². The van der Waals surface area contributed by atoms with Crippen LogP contribution < -0.4 is 5.32 Å². The Balaban J connectivity index is 2.00. The molecule has 1 aromatic carbocycles. The van der Waals surface area contributed by atoms with Gasteiger partial charge in [0.2, 0.25) is 11.7 Å². The number of hydrogen-bond donors (Lipinski definition) is 1. The van der Waals surface area contributed by atoms with Crippen LogP contribution in [0, 0.1) is 0 Å². The van der Waals surface area contributed by atoms with Crippen LogP contribution in [0.5, 0.6) is 0 Å². The van der Waals surface area contributed by atoms with Crippen molar-refractivity contribution in [3.05, 3.63) is 35.7 Å². The van der Waals surface area contributed by atoms with Crippen LogP contribution in [-0.4, -0.2) is 22.6 Å². The van der Waals surface area contributed by atoms with Crippen molar-refractivity contribution < 1.29 is 22.5 Å². The van der Waals surface area contributed by atoms with Crippen molar-refractivity contribution >= 4 is 5.91 Å². The molecule has 0 spiro atoms. The summed E-state index contributed by atoms with van der Waals surface area (Å²) in [7, 11) is 0. The van der Waals surface area contributed by atoms with E-state index in [4.69, 9.17) is 0 Å². The number of nitrogens with one attached hydrogen (secondary N) is 1. The van der Waals surface area contributed by atoms with E-state index in [2.05, 4.69) is 20.0 Å². The van der Waals surface area contributed by atoms with Gasteiger partial charge in [0.25, 0.3) is 0 Å². The molecule has 1 aromatic heterocycles. The van der Waals surface area contributed by atoms with Gasteiger partial charge in [0.15, 0.2) is 0 Å². The highest BCUT2D eigenvalue weighted by Crippen LogP contribution is 2.29. The highest BCUT2D eigenvalue weighted by Gasteiger charge is 2.38. The second-order valence-corrected chi connectivity index (χ2v) is 4.57. The summed E-state index contributed by atoms with van der Waals surface area (Å²) in [6.45, 7) is 2.27. The van der Waals surface area contributed by atoms with Crippen LogP contribution >= 0.6 is 0 Å². The molecule has 0 radical (unpaired) electrons. The molecule has 2 rings (SSSR count). The molecule has 0 saturated carbocycles. The summed E-state index contributed by atoms with van der Waals surface area (Å²) in [6, 6.07) is 6.72. The van der Waals surface area contributed by atoms with E-state index in [1.165, 1.54) is 0 Å². The molecule has 0 saturated heterocycles. The van der Waals surface area contributed by atoms with Gasteiger partial charge >= 0.3 is 12.1 Å². The Morgan fingerprint density at radius 3 is 2.50 bits per heavy atom. The molecular formula is C14H14F3N3O2. The Bertz CT molecular complexity index is 636. The maximum absolute atomic E-state index is 12.4. The number of hydrogen-bond acceptors (Lipinski definition) is 4. The predicted molar refractivity (Wildman–Crippen MR) is 71.7 cm³/mol. The lowest BCUT2D eigenvalue weighted by Gasteiger charge is -2.04. The first-order valence-corrected chi connectivity index (χ1v) is 6.67. The maximum atomic E-state index is 12.4. The second-order valence-electron chi connectivity index (χ2n) is 4.57. The maximum Gasteiger partial charge on any atom is 0.471 e. The number of benzene rings is 1. The number of alkyl halides is 3. The van der Waals surface area contributed by atoms with E-state index in [0.717, 1.165) is 5.56 Å². The Morgan fingerprint density at radius 2 is 1.95 bits per heavy atom. The fraction of sp³-hybridized carbons (Fsp3) is 0.357. The van der Waals surface area contributed by atoms with E-state index >= 15 is 0 Å². The molecule has 0 aliphatic carbocycles. The number of aromatic nitrogens is 2. The van der Waals surface area contributed by atoms with E-state index < -0.39 is 12.1 Å². The Morgan fingerprint density at radius 1 is 1.27 bits per heavy atom. The van der Waals surface area contributed by atoms with Crippen molar-refractivity contribution in [2.45, 2.75) is 25.9 Å². The number of halogens is 3. The Kier molecular flexibility index (Phi) is 4.79. The van der Waals surface area contributed by atoms with Gasteiger partial charge in [-0.25, -0.2) is 0 Å². The standard InChI is InChI=1S/C14H14F3N3O2/c1-2-11(21)18-8-7-9-3-5-10(6-4-9)12-19-13(22-20-12)14(15,16)17/h3-6H,2,7-8H2,1H3,(H,18,21). The van der Waals surface area contributed by atoms with E-state index in [9.17, 15) is 18.0 Å². The van der Waals surface area contributed by atoms with Gasteiger partial charge < -0.3 is 9.84 Å². The summed E-state index contributed by atoms with van der Waals surface area (Å²) in [5.41, 5.74) is 1.38. The van der Waals surface area contributed by atoms with Crippen molar-refractivity contribution in [2.24, 2.45) is 0 Å². The molecule has 1 amide bonds. The number of nitrogens with zero attached hydrogens (tertiary/aromatic N) is 2. The lowest BCUT2D eigenvalue weighted by Crippen LogP contribution is -2.24. The molecule has 0 atom stereocenters. The molecule has 0 aliphatic rings. The van der Waals surface area contributed by atoms with Crippen molar-refractivity contribution in [3.63, 3.8) is 0 Å². The molecule has 1 N–H and O–H groups in total. The van der Waals surface area contributed by atoms with Gasteiger partial charge in [-0.05, 0) is 12.0 Å². The summed E-state index contributed by atoms with van der Waals surface area (Å²) in [6.07, 6.45) is -3.59. The SMILES string of the molecule is CCC(=O)NCCc1ccc(-c2noc(C(F)(F)F)n2)cc1. The van der Waals surface area contributed by atoms with Crippen molar-refractivity contribution in [1.82, 2.24) is 15.5 Å². The highest BCUT2D eigenvalue weighted by molar-refractivity contribution is 5.75. The average molecular weight is 313 g/mol. The van der Waals surface area contributed by atoms with Crippen molar-refractivity contribution in [2.75, 3.05) is 6.54 Å². The summed E-state index contributed by atoms with van der Waals surface area (Å²) in [5, 5.41) is 6.06. The zero-order valence-electron chi connectivity index (χ0n) is 11.8. The molecule has 0 unspecified atom stereocenters. The van der Waals surface area contributed by atoms with E-state index in [0.29, 0.717) is 24.9 Å². The van der Waals surface area contributed by atoms with Gasteiger partial charge in [0, 0.05) is 18.5 Å². The van der Waals surface area contributed by atoms with Gasteiger partial charge in [-0.1, -0.05) is 36.3 Å². The summed E-state index contributed by atoms with van der Waals surface area (Å²) >= 11 is 0. The third kappa shape index (κ3) is 4.06. The first-order valence-electron chi connectivity index (χ1n) is 6.67. The summed E-state index contributed by atoms with van der Waals surface area (Å²) in [4.78, 5) is 14.4. The van der Waals surface area contributed by atoms with Gasteiger partial charge in [0.1, 0.15) is 0 Å². The van der Waals surface area contributed by atoms with Crippen LogP contribution in [0.2, 0.25) is 0 Å². The molecule has 1 heterocycles. The van der Waals surface area contributed by atoms with Gasteiger partial charge in [-0.3, -0.25) is 4.79 Å². The normalized spacial score (nSPS) is 11.5. The van der Waals surface area contributed by atoms with Crippen LogP contribution in [-0.2, 0) is 17.4 Å². The zero-order chi connectivity index (χ0) is 16.2. The quantitative estimate of drug-likeness (QED) is 0.921. The predicted octanol–water partition coefficient (Wildman–Crippen LogP) is 2.82. The zero-order valence-corrected chi connectivity index (χ0v) is 11.8. The van der Waals surface area contributed by atoms with Crippen LogP contribution in [0.15, 0.2) is 28.8 Å². The largest absolute Gasteiger partial charge is 0.471 e. The summed E-state index contributed by atoms with van der Waals surface area (Å²) < 4.78 is 41.3. The molecule has 0 aliphatic heterocycles. The highest BCUT2D eigenvalue weighted by atomic mass is 19.4. The van der Waals surface area contributed by atoms with Crippen molar-refractivity contribution in [1.29, 1.82) is 0 Å². The number of carbonyl (C=O) groups excluding carboxylic acids is 1. The monoisotopic (exact) mass is 313 g/mol. The second kappa shape index (κ2) is 6.59. The molecule has 22 heavy (non-hydrogen) atoms. The van der Waals surface area contributed by atoms with E-state index in [1.807, 2.05) is 0 Å². The summed E-state index contributed by atoms with van der Waals surface area (Å²) in [5.74, 6) is -1.50. The van der Waals surface area contributed by atoms with Crippen LogP contribution in [0.25, 0.3) is 11.4 Å². The molecule has 2 aromatic rings. The Labute approximate surface area is 124 Å². The van der Waals surface area contributed by atoms with E-state index in [-0.39, 0.29) is 11.7 Å². The van der Waals surface area contributed by atoms with E-state index in [1.54, 1.807) is 31.2 Å². The first-order chi connectivity index (χ1) is 10.4. The van der Waals surface area contributed by atoms with Crippen LogP contribution in [0.4, 0.5) is 13.2 Å². The topological polar surface area (TPSA) is 68.0 Å². The van der Waals surface area contributed by atoms with Crippen molar-refractivity contribution in [3.8, 4) is 11.4 Å². The molecule has 5 nitrogen and oxygen atoms in total. The number of amides is 1. The number of carbonyl (C=O) groups is 1. The number of rotatable bonds is 5. The molecular weight excluding hydrogens is 299 g/mol. The molecule has 118 valence electrons. The van der Waals surface area contributed by atoms with Gasteiger partial charge in [-0.2, -0.15) is 18.2 Å². The first kappa shape index (κ1) is 16.0. The smallest absolute Gasteiger partial charge is 0.356 e. The fourth-order valence-electron chi connectivity index (χ4n) is 1.75.